The average molecular weight is 534 g/mol. The van der Waals surface area contributed by atoms with Crippen molar-refractivity contribution in [1.82, 2.24) is 24.7 Å². The second kappa shape index (κ2) is 10.3. The Morgan fingerprint density at radius 1 is 1.14 bits per heavy atom. The summed E-state index contributed by atoms with van der Waals surface area (Å²) in [6, 6.07) is 5.33. The highest BCUT2D eigenvalue weighted by Gasteiger charge is 2.38. The highest BCUT2D eigenvalue weighted by Crippen LogP contribution is 2.40. The summed E-state index contributed by atoms with van der Waals surface area (Å²) in [6.07, 6.45) is 2.74. The second-order valence-electron chi connectivity index (χ2n) is 9.85. The van der Waals surface area contributed by atoms with Crippen LogP contribution in [0.25, 0.3) is 5.69 Å². The zero-order chi connectivity index (χ0) is 27.0. The predicted octanol–water partition coefficient (Wildman–Crippen LogP) is 3.60. The van der Waals surface area contributed by atoms with Crippen LogP contribution in [-0.2, 0) is 20.3 Å². The molecule has 200 valence electrons. The fourth-order valence-corrected chi connectivity index (χ4v) is 6.13. The molecule has 0 aliphatic carbocycles. The SMILES string of the molecule is COc1cccc(OC)c1-n1c(CS(=O)(=O)[C@@H](C)[C@H](C)c2ncc(F)cn2)nnc1[C@H]1COC(C)(C)C1. The first-order valence-electron chi connectivity index (χ1n) is 12.0. The lowest BCUT2D eigenvalue weighted by molar-refractivity contribution is 0.0360. The summed E-state index contributed by atoms with van der Waals surface area (Å²) in [4.78, 5) is 7.94. The molecule has 3 heterocycles. The van der Waals surface area contributed by atoms with Crippen molar-refractivity contribution in [3.05, 3.63) is 53.9 Å². The van der Waals surface area contributed by atoms with Crippen LogP contribution in [0.4, 0.5) is 4.39 Å². The molecule has 0 radical (unpaired) electrons. The molecule has 0 N–H and O–H groups in total. The first-order valence-corrected chi connectivity index (χ1v) is 13.7. The van der Waals surface area contributed by atoms with Gasteiger partial charge in [-0.2, -0.15) is 0 Å². The fraction of sp³-hybridized carbons (Fsp3) is 0.520. The Hall–Kier alpha value is -3.12. The molecular formula is C25H32FN5O5S. The zero-order valence-electron chi connectivity index (χ0n) is 21.8. The Balaban J connectivity index is 1.78. The van der Waals surface area contributed by atoms with E-state index in [-0.39, 0.29) is 23.2 Å². The molecule has 0 bridgehead atoms. The van der Waals surface area contributed by atoms with Gasteiger partial charge in [0.2, 0.25) is 0 Å². The predicted molar refractivity (Wildman–Crippen MR) is 134 cm³/mol. The molecule has 0 spiro atoms. The van der Waals surface area contributed by atoms with Gasteiger partial charge in [0.05, 0.1) is 44.1 Å². The number of aromatic nitrogens is 5. The lowest BCUT2D eigenvalue weighted by Gasteiger charge is -2.21. The van der Waals surface area contributed by atoms with Crippen LogP contribution in [0.5, 0.6) is 11.5 Å². The van der Waals surface area contributed by atoms with Crippen molar-refractivity contribution < 1.29 is 27.0 Å². The van der Waals surface area contributed by atoms with Crippen molar-refractivity contribution in [1.29, 1.82) is 0 Å². The maximum absolute atomic E-state index is 13.6. The van der Waals surface area contributed by atoms with Gasteiger partial charge in [0.1, 0.15) is 34.6 Å². The number of methoxy groups -OCH3 is 2. The Morgan fingerprint density at radius 3 is 2.30 bits per heavy atom. The highest BCUT2D eigenvalue weighted by molar-refractivity contribution is 7.91. The van der Waals surface area contributed by atoms with Crippen molar-refractivity contribution in [3.63, 3.8) is 0 Å². The standard InChI is InChI=1S/C25H32FN5O5S/c1-15(23-27-11-18(26)12-28-23)16(2)37(32,33)14-21-29-30-24(17-10-25(3,4)36-13-17)31(21)22-19(34-5)8-7-9-20(22)35-6/h7-9,11-12,15-17H,10,13-14H2,1-6H3/t15-,16-,17+/m0/s1. The molecule has 1 saturated heterocycles. The fourth-order valence-electron chi connectivity index (χ4n) is 4.58. The molecule has 37 heavy (non-hydrogen) atoms. The zero-order valence-corrected chi connectivity index (χ0v) is 22.6. The maximum Gasteiger partial charge on any atom is 0.160 e. The summed E-state index contributed by atoms with van der Waals surface area (Å²) in [5, 5.41) is 7.90. The summed E-state index contributed by atoms with van der Waals surface area (Å²) in [6.45, 7) is 7.72. The molecule has 12 heteroatoms. The van der Waals surface area contributed by atoms with Gasteiger partial charge in [0.15, 0.2) is 21.5 Å². The van der Waals surface area contributed by atoms with Crippen LogP contribution in [0.1, 0.15) is 63.4 Å². The topological polar surface area (TPSA) is 118 Å². The van der Waals surface area contributed by atoms with Crippen LogP contribution in [0, 0.1) is 5.82 Å². The van der Waals surface area contributed by atoms with Crippen LogP contribution >= 0.6 is 0 Å². The number of rotatable bonds is 9. The van der Waals surface area contributed by atoms with Crippen LogP contribution in [0.2, 0.25) is 0 Å². The monoisotopic (exact) mass is 533 g/mol. The van der Waals surface area contributed by atoms with Gasteiger partial charge < -0.3 is 14.2 Å². The number of benzene rings is 1. The number of halogens is 1. The van der Waals surface area contributed by atoms with Gasteiger partial charge in [0.25, 0.3) is 0 Å². The molecule has 10 nitrogen and oxygen atoms in total. The van der Waals surface area contributed by atoms with Crippen LogP contribution < -0.4 is 9.47 Å². The highest BCUT2D eigenvalue weighted by atomic mass is 32.2. The minimum Gasteiger partial charge on any atom is -0.494 e. The van der Waals surface area contributed by atoms with Crippen molar-refractivity contribution in [2.24, 2.45) is 0 Å². The minimum atomic E-state index is -3.78. The van der Waals surface area contributed by atoms with Crippen molar-refractivity contribution in [2.75, 3.05) is 20.8 Å². The quantitative estimate of drug-likeness (QED) is 0.406. The van der Waals surface area contributed by atoms with E-state index in [0.29, 0.717) is 36.0 Å². The Morgan fingerprint density at radius 2 is 1.76 bits per heavy atom. The van der Waals surface area contributed by atoms with Gasteiger partial charge in [-0.3, -0.25) is 4.57 Å². The van der Waals surface area contributed by atoms with Crippen molar-refractivity contribution >= 4 is 9.84 Å². The Labute approximate surface area is 216 Å². The third-order valence-corrected chi connectivity index (χ3v) is 9.01. The largest absolute Gasteiger partial charge is 0.494 e. The molecule has 3 atom stereocenters. The molecule has 1 aliphatic rings. The van der Waals surface area contributed by atoms with E-state index in [9.17, 15) is 12.8 Å². The van der Waals surface area contributed by atoms with E-state index in [1.54, 1.807) is 36.6 Å². The Kier molecular flexibility index (Phi) is 7.52. The third-order valence-electron chi connectivity index (χ3n) is 6.81. The molecule has 1 aliphatic heterocycles. The molecule has 0 saturated carbocycles. The molecule has 2 aromatic heterocycles. The smallest absolute Gasteiger partial charge is 0.160 e. The normalized spacial score (nSPS) is 18.9. The maximum atomic E-state index is 13.6. The summed E-state index contributed by atoms with van der Waals surface area (Å²) < 4.78 is 59.4. The summed E-state index contributed by atoms with van der Waals surface area (Å²) in [7, 11) is -0.714. The lowest BCUT2D eigenvalue weighted by atomic mass is 9.97. The van der Waals surface area contributed by atoms with E-state index < -0.39 is 32.6 Å². The van der Waals surface area contributed by atoms with Crippen LogP contribution in [0.3, 0.4) is 0 Å². The molecule has 3 aromatic rings. The number of ether oxygens (including phenoxy) is 3. The number of hydrogen-bond acceptors (Lipinski definition) is 9. The van der Waals surface area contributed by atoms with Gasteiger partial charge in [-0.25, -0.2) is 22.8 Å². The number of sulfone groups is 1. The summed E-state index contributed by atoms with van der Waals surface area (Å²) in [5.41, 5.74) is 0.169. The molecule has 4 rings (SSSR count). The minimum absolute atomic E-state index is 0.113. The second-order valence-corrected chi connectivity index (χ2v) is 12.2. The van der Waals surface area contributed by atoms with E-state index >= 15 is 0 Å². The molecule has 1 aromatic carbocycles. The van der Waals surface area contributed by atoms with Crippen molar-refractivity contribution in [3.8, 4) is 17.2 Å². The molecule has 1 fully saturated rings. The van der Waals surface area contributed by atoms with Crippen LogP contribution in [0.15, 0.2) is 30.6 Å². The van der Waals surface area contributed by atoms with E-state index in [1.807, 2.05) is 13.8 Å². The molecule has 0 unspecified atom stereocenters. The van der Waals surface area contributed by atoms with E-state index in [4.69, 9.17) is 14.2 Å². The molecular weight excluding hydrogens is 501 g/mol. The van der Waals surface area contributed by atoms with Crippen LogP contribution in [-0.4, -0.2) is 64.8 Å². The summed E-state index contributed by atoms with van der Waals surface area (Å²) in [5.74, 6) is 0.335. The first-order chi connectivity index (χ1) is 17.5. The number of nitrogens with zero attached hydrogens (tertiary/aromatic N) is 5. The third kappa shape index (κ3) is 5.45. The van der Waals surface area contributed by atoms with E-state index in [0.717, 1.165) is 12.4 Å². The average Bonchev–Trinajstić information content (AvgIpc) is 3.44. The first kappa shape index (κ1) is 26.9. The summed E-state index contributed by atoms with van der Waals surface area (Å²) >= 11 is 0. The van der Waals surface area contributed by atoms with Gasteiger partial charge in [-0.15, -0.1) is 10.2 Å². The van der Waals surface area contributed by atoms with E-state index in [2.05, 4.69) is 20.2 Å². The van der Waals surface area contributed by atoms with Gasteiger partial charge >= 0.3 is 0 Å². The van der Waals surface area contributed by atoms with E-state index in [1.165, 1.54) is 14.2 Å². The van der Waals surface area contributed by atoms with Gasteiger partial charge in [-0.05, 0) is 39.3 Å². The number of para-hydroxylation sites is 1. The van der Waals surface area contributed by atoms with Gasteiger partial charge in [0, 0.05) is 11.8 Å². The van der Waals surface area contributed by atoms with Crippen molar-refractivity contribution in [2.45, 2.75) is 62.6 Å². The number of hydrogen-bond donors (Lipinski definition) is 0. The molecule has 0 amide bonds. The van der Waals surface area contributed by atoms with Gasteiger partial charge in [-0.1, -0.05) is 13.0 Å². The Bertz CT molecular complexity index is 1340. The lowest BCUT2D eigenvalue weighted by Crippen LogP contribution is -2.27.